The van der Waals surface area contributed by atoms with Crippen molar-refractivity contribution in [2.24, 2.45) is 0 Å². The van der Waals surface area contributed by atoms with E-state index in [0.717, 1.165) is 89.9 Å². The molecule has 0 spiro atoms. The van der Waals surface area contributed by atoms with Gasteiger partial charge in [-0.1, -0.05) is 127 Å². The minimum Gasteiger partial charge on any atom is -0.462 e. The zero-order chi connectivity index (χ0) is 34.0. The minimum atomic E-state index is -4.75. The second-order valence-corrected chi connectivity index (χ2v) is 13.1. The summed E-state index contributed by atoms with van der Waals surface area (Å²) in [6.45, 7) is 3.55. The van der Waals surface area contributed by atoms with Gasteiger partial charge in [-0.25, -0.2) is 4.57 Å². The highest BCUT2D eigenvalue weighted by atomic mass is 31.2. The standard InChI is InChI=1S/C37H65O8P/c1-3-5-7-9-11-13-15-17-19-21-23-25-27-29-31-36(38)43-33-35(34-44-46(40,41)42)45-37(39)32-30-28-26-24-22-20-18-16-14-12-10-8-6-4-2/h9-12,15-18,35H,3-8,13-14,19-34H2,1-2H3,(H2,40,41,42)/b11-9-,12-10-,17-15-,18-16-. The van der Waals surface area contributed by atoms with Crippen LogP contribution in [0.3, 0.4) is 0 Å². The van der Waals surface area contributed by atoms with Crippen molar-refractivity contribution in [3.63, 3.8) is 0 Å². The molecule has 1 atom stereocenters. The molecule has 0 bridgehead atoms. The second kappa shape index (κ2) is 32.9. The van der Waals surface area contributed by atoms with E-state index >= 15 is 0 Å². The number of rotatable bonds is 32. The van der Waals surface area contributed by atoms with Crippen molar-refractivity contribution < 1.29 is 37.9 Å². The molecular weight excluding hydrogens is 603 g/mol. The van der Waals surface area contributed by atoms with Gasteiger partial charge in [0, 0.05) is 12.8 Å². The van der Waals surface area contributed by atoms with E-state index in [-0.39, 0.29) is 19.4 Å². The van der Waals surface area contributed by atoms with Gasteiger partial charge >= 0.3 is 19.8 Å². The van der Waals surface area contributed by atoms with E-state index < -0.39 is 32.5 Å². The Balaban J connectivity index is 4.05. The molecule has 8 nitrogen and oxygen atoms in total. The predicted octanol–water partition coefficient (Wildman–Crippen LogP) is 10.4. The third kappa shape index (κ3) is 34.9. The number of ether oxygens (including phenoxy) is 2. The number of esters is 2. The van der Waals surface area contributed by atoms with Crippen LogP contribution in [-0.2, 0) is 28.2 Å². The van der Waals surface area contributed by atoms with Gasteiger partial charge < -0.3 is 19.3 Å². The highest BCUT2D eigenvalue weighted by Gasteiger charge is 2.22. The molecule has 0 rings (SSSR count). The molecule has 266 valence electrons. The Kier molecular flexibility index (Phi) is 31.5. The second-order valence-electron chi connectivity index (χ2n) is 11.8. The molecule has 0 radical (unpaired) electrons. The number of unbranched alkanes of at least 4 members (excludes halogenated alkanes) is 14. The zero-order valence-electron chi connectivity index (χ0n) is 29.0. The molecular formula is C37H65O8P. The molecule has 0 saturated heterocycles. The molecule has 46 heavy (non-hydrogen) atoms. The monoisotopic (exact) mass is 668 g/mol. The molecule has 2 N–H and O–H groups in total. The molecule has 9 heteroatoms. The van der Waals surface area contributed by atoms with Gasteiger partial charge in [-0.3, -0.25) is 14.1 Å². The van der Waals surface area contributed by atoms with Crippen LogP contribution >= 0.6 is 7.82 Å². The molecule has 0 fully saturated rings. The molecule has 0 aromatic carbocycles. The van der Waals surface area contributed by atoms with Gasteiger partial charge in [0.05, 0.1) is 6.61 Å². The fourth-order valence-corrected chi connectivity index (χ4v) is 4.94. The Morgan fingerprint density at radius 3 is 1.43 bits per heavy atom. The summed E-state index contributed by atoms with van der Waals surface area (Å²) in [5.74, 6) is -0.922. The average Bonchev–Trinajstić information content (AvgIpc) is 3.02. The summed E-state index contributed by atoms with van der Waals surface area (Å²) in [5.41, 5.74) is 0. The van der Waals surface area contributed by atoms with E-state index in [1.807, 2.05) is 0 Å². The third-order valence-electron chi connectivity index (χ3n) is 7.32. The van der Waals surface area contributed by atoms with Gasteiger partial charge in [0.15, 0.2) is 6.10 Å². The Bertz CT molecular complexity index is 890. The lowest BCUT2D eigenvalue weighted by atomic mass is 10.1. The first kappa shape index (κ1) is 44.0. The van der Waals surface area contributed by atoms with Crippen molar-refractivity contribution in [1.29, 1.82) is 0 Å². The van der Waals surface area contributed by atoms with Crippen LogP contribution in [0.5, 0.6) is 0 Å². The third-order valence-corrected chi connectivity index (χ3v) is 7.81. The normalized spacial score (nSPS) is 13.0. The number of hydrogen-bond donors (Lipinski definition) is 2. The molecule has 0 heterocycles. The van der Waals surface area contributed by atoms with Crippen LogP contribution < -0.4 is 0 Å². The van der Waals surface area contributed by atoms with E-state index in [1.54, 1.807) is 0 Å². The van der Waals surface area contributed by atoms with E-state index in [0.29, 0.717) is 12.8 Å². The average molecular weight is 669 g/mol. The van der Waals surface area contributed by atoms with Gasteiger partial charge in [0.1, 0.15) is 6.61 Å². The Hall–Kier alpha value is -1.99. The number of phosphoric ester groups is 1. The highest BCUT2D eigenvalue weighted by molar-refractivity contribution is 7.46. The lowest BCUT2D eigenvalue weighted by Gasteiger charge is -2.18. The molecule has 1 unspecified atom stereocenters. The van der Waals surface area contributed by atoms with Gasteiger partial charge in [-0.05, 0) is 64.2 Å². The van der Waals surface area contributed by atoms with Crippen LogP contribution in [0, 0.1) is 0 Å². The van der Waals surface area contributed by atoms with Crippen molar-refractivity contribution in [2.45, 2.75) is 161 Å². The Morgan fingerprint density at radius 1 is 0.565 bits per heavy atom. The number of carbonyl (C=O) groups is 2. The molecule has 0 saturated carbocycles. The summed E-state index contributed by atoms with van der Waals surface area (Å²) in [5, 5.41) is 0. The zero-order valence-corrected chi connectivity index (χ0v) is 29.9. The van der Waals surface area contributed by atoms with Crippen molar-refractivity contribution >= 4 is 19.8 Å². The van der Waals surface area contributed by atoms with Gasteiger partial charge in [0.25, 0.3) is 0 Å². The van der Waals surface area contributed by atoms with Crippen LogP contribution in [0.2, 0.25) is 0 Å². The number of allylic oxidation sites excluding steroid dienone is 8. The maximum absolute atomic E-state index is 12.3. The van der Waals surface area contributed by atoms with Gasteiger partial charge in [-0.15, -0.1) is 0 Å². The maximum Gasteiger partial charge on any atom is 0.469 e. The topological polar surface area (TPSA) is 119 Å². The van der Waals surface area contributed by atoms with E-state index in [1.165, 1.54) is 25.7 Å². The molecule has 0 aromatic rings. The minimum absolute atomic E-state index is 0.191. The number of hydrogen-bond acceptors (Lipinski definition) is 6. The smallest absolute Gasteiger partial charge is 0.462 e. The van der Waals surface area contributed by atoms with Crippen molar-refractivity contribution in [3.05, 3.63) is 48.6 Å². The van der Waals surface area contributed by atoms with Crippen molar-refractivity contribution in [2.75, 3.05) is 13.2 Å². The molecule has 0 aliphatic heterocycles. The van der Waals surface area contributed by atoms with E-state index in [9.17, 15) is 14.2 Å². The van der Waals surface area contributed by atoms with Crippen LogP contribution in [0.15, 0.2) is 48.6 Å². The highest BCUT2D eigenvalue weighted by Crippen LogP contribution is 2.35. The molecule has 0 aromatic heterocycles. The van der Waals surface area contributed by atoms with Gasteiger partial charge in [0.2, 0.25) is 0 Å². The fourth-order valence-electron chi connectivity index (χ4n) is 4.58. The van der Waals surface area contributed by atoms with E-state index in [4.69, 9.17) is 19.3 Å². The quantitative estimate of drug-likeness (QED) is 0.0315. The van der Waals surface area contributed by atoms with Crippen LogP contribution in [-0.4, -0.2) is 41.0 Å². The summed E-state index contributed by atoms with van der Waals surface area (Å²) in [7, 11) is -4.75. The van der Waals surface area contributed by atoms with Gasteiger partial charge in [-0.2, -0.15) is 0 Å². The van der Waals surface area contributed by atoms with E-state index in [2.05, 4.69) is 67.0 Å². The summed E-state index contributed by atoms with van der Waals surface area (Å²) in [6.07, 6.45) is 38.3. The molecule has 0 aliphatic rings. The Morgan fingerprint density at radius 2 is 0.978 bits per heavy atom. The first-order valence-corrected chi connectivity index (χ1v) is 19.5. The lowest BCUT2D eigenvalue weighted by molar-refractivity contribution is -0.161. The van der Waals surface area contributed by atoms with Crippen LogP contribution in [0.4, 0.5) is 0 Å². The summed E-state index contributed by atoms with van der Waals surface area (Å²) in [6, 6.07) is 0. The number of carbonyl (C=O) groups excluding carboxylic acids is 2. The van der Waals surface area contributed by atoms with Crippen molar-refractivity contribution in [3.8, 4) is 0 Å². The lowest BCUT2D eigenvalue weighted by Crippen LogP contribution is -2.29. The summed E-state index contributed by atoms with van der Waals surface area (Å²) < 4.78 is 26.2. The van der Waals surface area contributed by atoms with Crippen LogP contribution in [0.1, 0.15) is 155 Å². The first-order valence-electron chi connectivity index (χ1n) is 17.9. The number of phosphoric acid groups is 1. The Labute approximate surface area is 280 Å². The SMILES string of the molecule is CCCC/C=C\C/C=C\CCCCCCCC(=O)OCC(COP(=O)(O)O)OC(=O)CCCCCCC/C=C\C/C=C\CCCC. The summed E-state index contributed by atoms with van der Waals surface area (Å²) in [4.78, 5) is 42.6. The molecule has 0 amide bonds. The van der Waals surface area contributed by atoms with Crippen molar-refractivity contribution in [1.82, 2.24) is 0 Å². The molecule has 0 aliphatic carbocycles. The largest absolute Gasteiger partial charge is 0.469 e. The summed E-state index contributed by atoms with van der Waals surface area (Å²) >= 11 is 0. The van der Waals surface area contributed by atoms with Crippen LogP contribution in [0.25, 0.3) is 0 Å². The first-order chi connectivity index (χ1) is 22.3. The fraction of sp³-hybridized carbons (Fsp3) is 0.730. The predicted molar refractivity (Wildman–Crippen MR) is 188 cm³/mol. The maximum atomic E-state index is 12.3.